The molecule has 0 aliphatic rings. The summed E-state index contributed by atoms with van der Waals surface area (Å²) in [6, 6.07) is 38.5. The molecule has 8 aromatic rings. The largest absolute Gasteiger partial charge is 0.458 e. The second-order valence-electron chi connectivity index (χ2n) is 18.4. The number of fused-ring (bicyclic) bond motifs is 4. The van der Waals surface area contributed by atoms with E-state index in [2.05, 4.69) is 169 Å². The average Bonchev–Trinajstić information content (AvgIpc) is 3.66. The molecule has 0 aliphatic carbocycles. The van der Waals surface area contributed by atoms with E-state index in [1.54, 1.807) is 6.20 Å². The molecule has 0 radical (unpaired) electrons. The first kappa shape index (κ1) is 36.2. The molecule has 0 aliphatic heterocycles. The van der Waals surface area contributed by atoms with E-state index in [9.17, 15) is 0 Å². The molecule has 4 aromatic carbocycles. The lowest BCUT2D eigenvalue weighted by molar-refractivity contribution is -0.572. The van der Waals surface area contributed by atoms with Crippen molar-refractivity contribution < 1.29 is 9.30 Å². The molecule has 0 saturated carbocycles. The van der Waals surface area contributed by atoms with E-state index in [1.165, 1.54) is 22.1 Å². The van der Waals surface area contributed by atoms with Gasteiger partial charge in [0.15, 0.2) is 5.82 Å². The predicted molar refractivity (Wildman–Crippen MR) is 225 cm³/mol. The van der Waals surface area contributed by atoms with Gasteiger partial charge in [0.05, 0.1) is 27.8 Å². The number of imidazole rings is 1. The van der Waals surface area contributed by atoms with Gasteiger partial charge in [0.25, 0.3) is 6.33 Å². The third-order valence-electron chi connectivity index (χ3n) is 10.00. The number of hydrogen-bond acceptors (Lipinski definition) is 3. The van der Waals surface area contributed by atoms with Crippen LogP contribution in [0.1, 0.15) is 79.0 Å². The summed E-state index contributed by atoms with van der Waals surface area (Å²) in [6.45, 7) is 20.5. The van der Waals surface area contributed by atoms with Crippen molar-refractivity contribution in [2.24, 2.45) is 10.8 Å². The molecule has 4 heterocycles. The summed E-state index contributed by atoms with van der Waals surface area (Å²) >= 11 is 0. The Kier molecular flexibility index (Phi) is 8.91. The maximum Gasteiger partial charge on any atom is 0.271 e. The minimum Gasteiger partial charge on any atom is -0.458 e. The van der Waals surface area contributed by atoms with Crippen LogP contribution in [0.5, 0.6) is 11.5 Å². The van der Waals surface area contributed by atoms with E-state index in [1.807, 2.05) is 29.0 Å². The summed E-state index contributed by atoms with van der Waals surface area (Å²) in [7, 11) is 0. The number of aromatic nitrogens is 5. The van der Waals surface area contributed by atoms with E-state index in [-0.39, 0.29) is 16.2 Å². The molecule has 0 saturated heterocycles. The minimum atomic E-state index is -0.00297. The Labute approximate surface area is 325 Å². The fraction of sp³-hybridized carbons (Fsp3) is 0.286. The Morgan fingerprint density at radius 3 is 1.91 bits per heavy atom. The van der Waals surface area contributed by atoms with Crippen molar-refractivity contribution in [2.45, 2.75) is 80.6 Å². The Balaban J connectivity index is 1.19. The predicted octanol–water partition coefficient (Wildman–Crippen LogP) is 11.9. The van der Waals surface area contributed by atoms with Crippen molar-refractivity contribution in [1.82, 2.24) is 19.1 Å². The number of ether oxygens (including phenoxy) is 1. The Hall–Kier alpha value is -5.75. The highest BCUT2D eigenvalue weighted by Crippen LogP contribution is 2.36. The van der Waals surface area contributed by atoms with Crippen LogP contribution in [0.2, 0.25) is 0 Å². The molecule has 0 fully saturated rings. The van der Waals surface area contributed by atoms with Gasteiger partial charge in [-0.25, -0.2) is 4.98 Å². The van der Waals surface area contributed by atoms with E-state index in [4.69, 9.17) is 14.7 Å². The molecular weight excluding hydrogens is 675 g/mol. The fourth-order valence-corrected chi connectivity index (χ4v) is 7.71. The second kappa shape index (κ2) is 13.5. The third kappa shape index (κ3) is 7.51. The van der Waals surface area contributed by atoms with Crippen LogP contribution in [0.3, 0.4) is 0 Å². The molecule has 4 aromatic heterocycles. The second-order valence-corrected chi connectivity index (χ2v) is 18.4. The van der Waals surface area contributed by atoms with Crippen molar-refractivity contribution in [1.29, 1.82) is 0 Å². The first-order chi connectivity index (χ1) is 26.1. The molecule has 8 rings (SSSR count). The summed E-state index contributed by atoms with van der Waals surface area (Å²) < 4.78 is 13.1. The van der Waals surface area contributed by atoms with Gasteiger partial charge in [-0.15, -0.1) is 0 Å². The quantitative estimate of drug-likeness (QED) is 0.121. The maximum atomic E-state index is 6.63. The van der Waals surface area contributed by atoms with E-state index in [0.29, 0.717) is 5.75 Å². The molecule has 0 spiro atoms. The van der Waals surface area contributed by atoms with Crippen molar-refractivity contribution in [2.75, 3.05) is 0 Å². The smallest absolute Gasteiger partial charge is 0.271 e. The van der Waals surface area contributed by atoms with Gasteiger partial charge < -0.3 is 4.74 Å². The highest BCUT2D eigenvalue weighted by Gasteiger charge is 2.21. The fourth-order valence-electron chi connectivity index (χ4n) is 7.71. The van der Waals surface area contributed by atoms with Crippen LogP contribution in [-0.4, -0.2) is 19.1 Å². The minimum absolute atomic E-state index is 0.00297. The lowest BCUT2D eigenvalue weighted by Gasteiger charge is -2.22. The first-order valence-electron chi connectivity index (χ1n) is 19.3. The van der Waals surface area contributed by atoms with Crippen molar-refractivity contribution >= 4 is 32.8 Å². The summed E-state index contributed by atoms with van der Waals surface area (Å²) in [4.78, 5) is 9.68. The van der Waals surface area contributed by atoms with Crippen molar-refractivity contribution in [3.8, 4) is 28.8 Å². The van der Waals surface area contributed by atoms with Gasteiger partial charge in [-0.1, -0.05) is 122 Å². The summed E-state index contributed by atoms with van der Waals surface area (Å²) in [5.41, 5.74) is 9.57. The zero-order valence-corrected chi connectivity index (χ0v) is 33.6. The van der Waals surface area contributed by atoms with E-state index < -0.39 is 0 Å². The monoisotopic (exact) mass is 725 g/mol. The van der Waals surface area contributed by atoms with Gasteiger partial charge >= 0.3 is 0 Å². The normalized spacial score (nSPS) is 12.6. The molecule has 6 heteroatoms. The van der Waals surface area contributed by atoms with Gasteiger partial charge in [0, 0.05) is 35.3 Å². The molecule has 0 atom stereocenters. The van der Waals surface area contributed by atoms with Crippen LogP contribution in [0.15, 0.2) is 122 Å². The Morgan fingerprint density at radius 2 is 1.20 bits per heavy atom. The van der Waals surface area contributed by atoms with Crippen LogP contribution in [0.4, 0.5) is 0 Å². The summed E-state index contributed by atoms with van der Waals surface area (Å²) in [6.07, 6.45) is 9.38. The number of benzene rings is 4. The molecule has 0 amide bonds. The van der Waals surface area contributed by atoms with Crippen molar-refractivity contribution in [3.05, 3.63) is 145 Å². The maximum absolute atomic E-state index is 6.63. The van der Waals surface area contributed by atoms with Crippen molar-refractivity contribution in [3.63, 3.8) is 0 Å². The molecule has 0 unspecified atom stereocenters. The van der Waals surface area contributed by atoms with Gasteiger partial charge in [0.1, 0.15) is 17.3 Å². The number of rotatable bonds is 7. The van der Waals surface area contributed by atoms with Crippen LogP contribution in [0.25, 0.3) is 50.2 Å². The van der Waals surface area contributed by atoms with Crippen LogP contribution < -0.4 is 9.30 Å². The third-order valence-corrected chi connectivity index (χ3v) is 10.00. The van der Waals surface area contributed by atoms with Gasteiger partial charge in [-0.3, -0.25) is 18.7 Å². The van der Waals surface area contributed by atoms with E-state index >= 15 is 0 Å². The molecule has 55 heavy (non-hydrogen) atoms. The van der Waals surface area contributed by atoms with Crippen LogP contribution >= 0.6 is 0 Å². The topological polar surface area (TPSA) is 48.8 Å². The lowest BCUT2D eigenvalue weighted by atomic mass is 9.84. The molecule has 0 bridgehead atoms. The Bertz CT molecular complexity index is 2660. The standard InChI is InChI=1S/C49H51N5O/c1-47(2,3)30-33-24-34(31-48(4,5)6)26-36(25-33)52-32-53(43-17-13-12-16-42(43)52)45-29-38(21-23-50-45)55-37-18-19-40-39-14-10-11-15-41(39)54(44(40)28-37)46-27-35(20-22-51-46)49(7,8)9/h10-29H,30-31H2,1-9H3. The SMILES string of the molecule is CC(C)(C)Cc1cc(CC(C)(C)C)cc(-[n+]2[c-]n(-c3cc(Oc4ccc5c6ccccc6n(-c6cc(C(C)(C)C)ccn6)c5c4)ccn3)c3ccccc32)c1. The summed E-state index contributed by atoms with van der Waals surface area (Å²) in [5.74, 6) is 3.04. The Morgan fingerprint density at radius 1 is 0.582 bits per heavy atom. The number of hydrogen-bond donors (Lipinski definition) is 0. The first-order valence-corrected chi connectivity index (χ1v) is 19.3. The highest BCUT2D eigenvalue weighted by atomic mass is 16.5. The highest BCUT2D eigenvalue weighted by molar-refractivity contribution is 6.09. The molecule has 278 valence electrons. The number of para-hydroxylation sites is 3. The molecule has 6 nitrogen and oxygen atoms in total. The summed E-state index contributed by atoms with van der Waals surface area (Å²) in [5, 5.41) is 2.33. The zero-order valence-electron chi connectivity index (χ0n) is 33.6. The van der Waals surface area contributed by atoms with Gasteiger partial charge in [-0.2, -0.15) is 0 Å². The average molecular weight is 726 g/mol. The van der Waals surface area contributed by atoms with Gasteiger partial charge in [-0.05, 0) is 83.2 Å². The van der Waals surface area contributed by atoms with Crippen LogP contribution in [0, 0.1) is 17.2 Å². The van der Waals surface area contributed by atoms with Gasteiger partial charge in [0.2, 0.25) is 0 Å². The lowest BCUT2D eigenvalue weighted by Crippen LogP contribution is -2.30. The van der Waals surface area contributed by atoms with Crippen LogP contribution in [-0.2, 0) is 18.3 Å². The van der Waals surface area contributed by atoms with E-state index in [0.717, 1.165) is 63.4 Å². The number of pyridine rings is 2. The zero-order chi connectivity index (χ0) is 38.7. The molecule has 0 N–H and O–H groups in total. The molecular formula is C49H51N5O. The number of nitrogens with zero attached hydrogens (tertiary/aromatic N) is 5.